The lowest BCUT2D eigenvalue weighted by molar-refractivity contribution is -0.113. The van der Waals surface area contributed by atoms with Crippen molar-refractivity contribution < 1.29 is 4.79 Å². The molecule has 0 spiro atoms. The summed E-state index contributed by atoms with van der Waals surface area (Å²) in [5.41, 5.74) is 3.29. The van der Waals surface area contributed by atoms with Crippen molar-refractivity contribution in [2.75, 3.05) is 12.4 Å². The zero-order valence-corrected chi connectivity index (χ0v) is 14.4. The van der Waals surface area contributed by atoms with Gasteiger partial charge in [-0.3, -0.25) is 4.79 Å². The van der Waals surface area contributed by atoms with Crippen LogP contribution in [0.3, 0.4) is 0 Å². The molecule has 0 unspecified atom stereocenters. The van der Waals surface area contributed by atoms with Gasteiger partial charge < -0.3 is 15.5 Å². The van der Waals surface area contributed by atoms with E-state index in [2.05, 4.69) is 10.6 Å². The van der Waals surface area contributed by atoms with E-state index in [9.17, 15) is 4.79 Å². The highest BCUT2D eigenvalue weighted by atomic mass is 32.1. The molecule has 1 aliphatic rings. The molecule has 1 atom stereocenters. The van der Waals surface area contributed by atoms with Crippen LogP contribution in [-0.4, -0.2) is 23.0 Å². The number of para-hydroxylation sites is 1. The smallest absolute Gasteiger partial charge is 0.255 e. The van der Waals surface area contributed by atoms with Crippen LogP contribution in [0.5, 0.6) is 0 Å². The minimum absolute atomic E-state index is 0.130. The van der Waals surface area contributed by atoms with Gasteiger partial charge in [-0.15, -0.1) is 0 Å². The van der Waals surface area contributed by atoms with Gasteiger partial charge >= 0.3 is 0 Å². The number of thiocarbonyl (C=S) groups is 1. The maximum atomic E-state index is 12.9. The summed E-state index contributed by atoms with van der Waals surface area (Å²) in [4.78, 5) is 14.8. The van der Waals surface area contributed by atoms with Gasteiger partial charge in [-0.2, -0.15) is 0 Å². The molecule has 0 fully saturated rings. The van der Waals surface area contributed by atoms with E-state index in [1.54, 1.807) is 0 Å². The van der Waals surface area contributed by atoms with Crippen LogP contribution >= 0.6 is 12.2 Å². The molecule has 5 heteroatoms. The molecule has 1 aliphatic heterocycles. The number of nitrogens with zero attached hydrogens (tertiary/aromatic N) is 1. The number of hydrogen-bond acceptors (Lipinski definition) is 2. The van der Waals surface area contributed by atoms with E-state index >= 15 is 0 Å². The van der Waals surface area contributed by atoms with Crippen molar-refractivity contribution in [3.8, 4) is 0 Å². The average Bonchev–Trinajstić information content (AvgIpc) is 2.61. The second-order valence-corrected chi connectivity index (χ2v) is 6.06. The molecule has 0 aliphatic carbocycles. The Morgan fingerprint density at radius 2 is 1.67 bits per heavy atom. The molecule has 0 radical (unpaired) electrons. The Kier molecular flexibility index (Phi) is 4.62. The maximum absolute atomic E-state index is 12.9. The number of benzene rings is 2. The van der Waals surface area contributed by atoms with Crippen LogP contribution in [0.25, 0.3) is 0 Å². The second kappa shape index (κ2) is 6.84. The fraction of sp³-hybridized carbons (Fsp3) is 0.158. The fourth-order valence-electron chi connectivity index (χ4n) is 2.75. The molecule has 0 bridgehead atoms. The lowest BCUT2D eigenvalue weighted by atomic mass is 9.94. The van der Waals surface area contributed by atoms with Crippen molar-refractivity contribution in [2.24, 2.45) is 0 Å². The summed E-state index contributed by atoms with van der Waals surface area (Å²) in [6.45, 7) is 1.92. The number of nitrogens with one attached hydrogen (secondary N) is 2. The summed E-state index contributed by atoms with van der Waals surface area (Å²) in [6, 6.07) is 19.0. The largest absolute Gasteiger partial charge is 0.351 e. The molecular weight excluding hydrogens is 318 g/mol. The Bertz CT molecular complexity index is 787. The summed E-state index contributed by atoms with van der Waals surface area (Å²) in [7, 11) is 1.86. The number of carbonyl (C=O) groups is 1. The van der Waals surface area contributed by atoms with Crippen LogP contribution in [0.2, 0.25) is 0 Å². The van der Waals surface area contributed by atoms with Crippen LogP contribution in [0, 0.1) is 0 Å². The Balaban J connectivity index is 1.99. The fourth-order valence-corrected chi connectivity index (χ4v) is 3.00. The number of anilines is 1. The molecule has 0 saturated carbocycles. The molecule has 0 aromatic heterocycles. The summed E-state index contributed by atoms with van der Waals surface area (Å²) in [5, 5.41) is 6.85. The van der Waals surface area contributed by atoms with Crippen LogP contribution in [0.15, 0.2) is 71.9 Å². The molecule has 24 heavy (non-hydrogen) atoms. The number of carbonyl (C=O) groups excluding carboxylic acids is 1. The topological polar surface area (TPSA) is 44.4 Å². The Labute approximate surface area is 147 Å². The summed E-state index contributed by atoms with van der Waals surface area (Å²) in [5.74, 6) is -0.130. The molecule has 2 aromatic carbocycles. The van der Waals surface area contributed by atoms with Crippen molar-refractivity contribution in [2.45, 2.75) is 13.0 Å². The van der Waals surface area contributed by atoms with Crippen molar-refractivity contribution in [1.29, 1.82) is 0 Å². The zero-order chi connectivity index (χ0) is 17.1. The molecule has 3 rings (SSSR count). The van der Waals surface area contributed by atoms with Gasteiger partial charge in [-0.05, 0) is 36.8 Å². The highest BCUT2D eigenvalue weighted by molar-refractivity contribution is 7.80. The predicted molar refractivity (Wildman–Crippen MR) is 100 cm³/mol. The standard InChI is InChI=1S/C19H19N3OS/c1-13-16(18(23)20-15-11-7-4-8-12-15)17(21-19(24)22(13)2)14-9-5-3-6-10-14/h3-12,17H,1-2H3,(H,20,23)(H,21,24)/t17-/m0/s1. The number of rotatable bonds is 3. The first-order chi connectivity index (χ1) is 11.6. The van der Waals surface area contributed by atoms with Gasteiger partial charge in [0.2, 0.25) is 0 Å². The normalized spacial score (nSPS) is 17.5. The van der Waals surface area contributed by atoms with Gasteiger partial charge in [0.25, 0.3) is 5.91 Å². The van der Waals surface area contributed by atoms with Gasteiger partial charge in [0.05, 0.1) is 11.6 Å². The summed E-state index contributed by atoms with van der Waals surface area (Å²) < 4.78 is 0. The second-order valence-electron chi connectivity index (χ2n) is 5.67. The molecule has 1 heterocycles. The van der Waals surface area contributed by atoms with E-state index in [-0.39, 0.29) is 11.9 Å². The van der Waals surface area contributed by atoms with Crippen molar-refractivity contribution in [1.82, 2.24) is 10.2 Å². The molecule has 2 N–H and O–H groups in total. The molecule has 0 saturated heterocycles. The molecule has 1 amide bonds. The number of amides is 1. The van der Waals surface area contributed by atoms with Crippen LogP contribution in [0.1, 0.15) is 18.5 Å². The Hall–Kier alpha value is -2.66. The number of allylic oxidation sites excluding steroid dienone is 1. The van der Waals surface area contributed by atoms with E-state index in [0.717, 1.165) is 16.9 Å². The van der Waals surface area contributed by atoms with E-state index < -0.39 is 0 Å². The van der Waals surface area contributed by atoms with Crippen molar-refractivity contribution in [3.63, 3.8) is 0 Å². The average molecular weight is 337 g/mol. The van der Waals surface area contributed by atoms with Crippen LogP contribution < -0.4 is 10.6 Å². The Morgan fingerprint density at radius 1 is 1.08 bits per heavy atom. The maximum Gasteiger partial charge on any atom is 0.255 e. The predicted octanol–water partition coefficient (Wildman–Crippen LogP) is 3.46. The Morgan fingerprint density at radius 3 is 2.29 bits per heavy atom. The number of hydrogen-bond donors (Lipinski definition) is 2. The van der Waals surface area contributed by atoms with E-state index in [1.807, 2.05) is 79.5 Å². The SMILES string of the molecule is CC1=C(C(=O)Nc2ccccc2)[C@H](c2ccccc2)NC(=S)N1C. The van der Waals surface area contributed by atoms with Crippen LogP contribution in [-0.2, 0) is 4.79 Å². The van der Waals surface area contributed by atoms with Gasteiger partial charge in [0, 0.05) is 18.4 Å². The van der Waals surface area contributed by atoms with Crippen molar-refractivity contribution in [3.05, 3.63) is 77.5 Å². The summed E-state index contributed by atoms with van der Waals surface area (Å²) in [6.07, 6.45) is 0. The molecular formula is C19H19N3OS. The molecule has 2 aromatic rings. The first-order valence-electron chi connectivity index (χ1n) is 7.74. The third kappa shape index (κ3) is 3.16. The molecule has 122 valence electrons. The zero-order valence-electron chi connectivity index (χ0n) is 13.6. The van der Waals surface area contributed by atoms with Gasteiger partial charge in [0.1, 0.15) is 0 Å². The first-order valence-corrected chi connectivity index (χ1v) is 8.15. The van der Waals surface area contributed by atoms with Gasteiger partial charge in [-0.1, -0.05) is 48.5 Å². The van der Waals surface area contributed by atoms with E-state index in [1.165, 1.54) is 0 Å². The van der Waals surface area contributed by atoms with Gasteiger partial charge in [0.15, 0.2) is 5.11 Å². The highest BCUT2D eigenvalue weighted by Gasteiger charge is 2.32. The molecule has 4 nitrogen and oxygen atoms in total. The quantitative estimate of drug-likeness (QED) is 0.842. The lowest BCUT2D eigenvalue weighted by Gasteiger charge is -2.35. The monoisotopic (exact) mass is 337 g/mol. The summed E-state index contributed by atoms with van der Waals surface area (Å²) >= 11 is 5.40. The minimum atomic E-state index is -0.265. The third-order valence-electron chi connectivity index (χ3n) is 4.16. The van der Waals surface area contributed by atoms with Crippen molar-refractivity contribution >= 4 is 28.9 Å². The van der Waals surface area contributed by atoms with Gasteiger partial charge in [-0.25, -0.2) is 0 Å². The van der Waals surface area contributed by atoms with E-state index in [0.29, 0.717) is 10.7 Å². The third-order valence-corrected chi connectivity index (χ3v) is 4.55. The highest BCUT2D eigenvalue weighted by Crippen LogP contribution is 2.30. The van der Waals surface area contributed by atoms with Crippen LogP contribution in [0.4, 0.5) is 5.69 Å². The first kappa shape index (κ1) is 16.2. The lowest BCUT2D eigenvalue weighted by Crippen LogP contribution is -2.46. The van der Waals surface area contributed by atoms with E-state index in [4.69, 9.17) is 12.2 Å². The minimum Gasteiger partial charge on any atom is -0.351 e.